The summed E-state index contributed by atoms with van der Waals surface area (Å²) in [7, 11) is 0. The van der Waals surface area contributed by atoms with E-state index >= 15 is 0 Å². The van der Waals surface area contributed by atoms with Gasteiger partial charge in [0.05, 0.1) is 0 Å². The van der Waals surface area contributed by atoms with Crippen molar-refractivity contribution in [3.05, 3.63) is 12.7 Å². The molecule has 1 saturated heterocycles. The molecule has 0 bridgehead atoms. The van der Waals surface area contributed by atoms with E-state index in [0.717, 1.165) is 13.0 Å². The predicted molar refractivity (Wildman–Crippen MR) is 71.3 cm³/mol. The van der Waals surface area contributed by atoms with Gasteiger partial charge in [0.25, 0.3) is 0 Å². The van der Waals surface area contributed by atoms with Crippen LogP contribution in [0.15, 0.2) is 12.7 Å². The zero-order valence-corrected chi connectivity index (χ0v) is 11.0. The molecule has 94 valence electrons. The molecule has 1 heterocycles. The Labute approximate surface area is 101 Å². The molecule has 0 aromatic carbocycles. The Kier molecular flexibility index (Phi) is 6.74. The van der Waals surface area contributed by atoms with Crippen LogP contribution in [-0.4, -0.2) is 23.6 Å². The lowest BCUT2D eigenvalue weighted by molar-refractivity contribution is 0.0459. The number of allylic oxidation sites excluding steroid dienone is 1. The van der Waals surface area contributed by atoms with Gasteiger partial charge in [-0.25, -0.2) is 5.01 Å². The lowest BCUT2D eigenvalue weighted by Gasteiger charge is -2.39. The quantitative estimate of drug-likeness (QED) is 0.526. The normalized spacial score (nSPS) is 26.9. The predicted octanol–water partition coefficient (Wildman–Crippen LogP) is 3.50. The summed E-state index contributed by atoms with van der Waals surface area (Å²) in [5.74, 6) is 0. The number of hydrogen-bond acceptors (Lipinski definition) is 2. The van der Waals surface area contributed by atoms with Crippen LogP contribution in [0.25, 0.3) is 0 Å². The summed E-state index contributed by atoms with van der Waals surface area (Å²) in [5, 5.41) is 2.47. The maximum absolute atomic E-state index is 3.75. The molecule has 0 radical (unpaired) electrons. The molecule has 2 atom stereocenters. The second-order valence-electron chi connectivity index (χ2n) is 5.08. The van der Waals surface area contributed by atoms with Crippen LogP contribution >= 0.6 is 0 Å². The van der Waals surface area contributed by atoms with Gasteiger partial charge in [-0.3, -0.25) is 5.43 Å². The Balaban J connectivity index is 2.08. The maximum Gasteiger partial charge on any atom is 0.0218 e. The van der Waals surface area contributed by atoms with Crippen LogP contribution in [0.3, 0.4) is 0 Å². The summed E-state index contributed by atoms with van der Waals surface area (Å²) in [6.07, 6.45) is 11.1. The van der Waals surface area contributed by atoms with Crippen molar-refractivity contribution >= 4 is 0 Å². The molecule has 2 nitrogen and oxygen atoms in total. The summed E-state index contributed by atoms with van der Waals surface area (Å²) in [6, 6.07) is 1.41. The van der Waals surface area contributed by atoms with Crippen LogP contribution in [-0.2, 0) is 0 Å². The van der Waals surface area contributed by atoms with Crippen molar-refractivity contribution in [1.29, 1.82) is 0 Å². The van der Waals surface area contributed by atoms with E-state index in [9.17, 15) is 0 Å². The molecule has 1 aliphatic rings. The second-order valence-corrected chi connectivity index (χ2v) is 5.08. The van der Waals surface area contributed by atoms with E-state index in [0.29, 0.717) is 12.1 Å². The summed E-state index contributed by atoms with van der Waals surface area (Å²) in [6.45, 7) is 9.55. The molecule has 1 fully saturated rings. The van der Waals surface area contributed by atoms with E-state index in [4.69, 9.17) is 0 Å². The minimum absolute atomic E-state index is 0.705. The Morgan fingerprint density at radius 1 is 1.19 bits per heavy atom. The third kappa shape index (κ3) is 4.67. The minimum Gasteiger partial charge on any atom is -0.255 e. The molecule has 0 aromatic rings. The van der Waals surface area contributed by atoms with E-state index in [2.05, 4.69) is 30.9 Å². The summed E-state index contributed by atoms with van der Waals surface area (Å²) in [5.41, 5.74) is 3.61. The molecule has 1 aliphatic heterocycles. The number of piperidine rings is 1. The Hall–Kier alpha value is -0.340. The minimum atomic E-state index is 0.705. The number of rotatable bonds is 7. The van der Waals surface area contributed by atoms with Gasteiger partial charge in [0.2, 0.25) is 0 Å². The molecule has 0 amide bonds. The topological polar surface area (TPSA) is 15.3 Å². The van der Waals surface area contributed by atoms with Gasteiger partial charge in [-0.15, -0.1) is 6.58 Å². The molecule has 2 heteroatoms. The van der Waals surface area contributed by atoms with Crippen LogP contribution in [0.2, 0.25) is 0 Å². The highest BCUT2D eigenvalue weighted by Gasteiger charge is 2.23. The van der Waals surface area contributed by atoms with E-state index in [-0.39, 0.29) is 0 Å². The van der Waals surface area contributed by atoms with Crippen molar-refractivity contribution in [2.24, 2.45) is 0 Å². The number of unbranched alkanes of at least 4 members (excludes halogenated alkanes) is 3. The number of nitrogens with zero attached hydrogens (tertiary/aromatic N) is 1. The van der Waals surface area contributed by atoms with Gasteiger partial charge in [0.15, 0.2) is 0 Å². The molecule has 0 aliphatic carbocycles. The zero-order chi connectivity index (χ0) is 11.8. The standard InChI is InChI=1S/C14H28N2/c1-4-5-6-7-8-12-15-16-13(2)10-9-11-14(16)3/h4,13-15H,1,5-12H2,2-3H3. The molecule has 1 rings (SSSR count). The van der Waals surface area contributed by atoms with Gasteiger partial charge in [0, 0.05) is 18.6 Å². The molecule has 2 unspecified atom stereocenters. The van der Waals surface area contributed by atoms with Crippen LogP contribution in [0.4, 0.5) is 0 Å². The monoisotopic (exact) mass is 224 g/mol. The van der Waals surface area contributed by atoms with Gasteiger partial charge in [-0.2, -0.15) is 0 Å². The molecule has 0 saturated carbocycles. The number of hydrogen-bond donors (Lipinski definition) is 1. The highest BCUT2D eigenvalue weighted by Crippen LogP contribution is 2.20. The van der Waals surface area contributed by atoms with Crippen molar-refractivity contribution in [3.63, 3.8) is 0 Å². The van der Waals surface area contributed by atoms with E-state index < -0.39 is 0 Å². The molecular formula is C14H28N2. The highest BCUT2D eigenvalue weighted by molar-refractivity contribution is 4.76. The molecule has 1 N–H and O–H groups in total. The first-order valence-electron chi connectivity index (χ1n) is 6.88. The van der Waals surface area contributed by atoms with Crippen molar-refractivity contribution in [2.75, 3.05) is 6.54 Å². The summed E-state index contributed by atoms with van der Waals surface area (Å²) in [4.78, 5) is 0. The van der Waals surface area contributed by atoms with Crippen LogP contribution in [0, 0.1) is 0 Å². The average molecular weight is 224 g/mol. The van der Waals surface area contributed by atoms with Crippen LogP contribution < -0.4 is 5.43 Å². The first-order valence-corrected chi connectivity index (χ1v) is 6.88. The molecule has 16 heavy (non-hydrogen) atoms. The largest absolute Gasteiger partial charge is 0.255 e. The second kappa shape index (κ2) is 7.86. The first-order chi connectivity index (χ1) is 7.75. The van der Waals surface area contributed by atoms with Crippen LogP contribution in [0.5, 0.6) is 0 Å². The van der Waals surface area contributed by atoms with Crippen LogP contribution in [0.1, 0.15) is 58.8 Å². The lowest BCUT2D eigenvalue weighted by atomic mass is 10.00. The third-order valence-electron chi connectivity index (χ3n) is 3.57. The SMILES string of the molecule is C=CCCCCCNN1C(C)CCCC1C. The lowest BCUT2D eigenvalue weighted by Crippen LogP contribution is -2.52. The highest BCUT2D eigenvalue weighted by atomic mass is 15.5. The fourth-order valence-electron chi connectivity index (χ4n) is 2.53. The van der Waals surface area contributed by atoms with Crippen molar-refractivity contribution in [1.82, 2.24) is 10.4 Å². The number of nitrogens with one attached hydrogen (secondary N) is 1. The van der Waals surface area contributed by atoms with Gasteiger partial charge < -0.3 is 0 Å². The Morgan fingerprint density at radius 3 is 2.50 bits per heavy atom. The van der Waals surface area contributed by atoms with Crippen molar-refractivity contribution in [2.45, 2.75) is 70.9 Å². The van der Waals surface area contributed by atoms with Crippen molar-refractivity contribution in [3.8, 4) is 0 Å². The van der Waals surface area contributed by atoms with Crippen molar-refractivity contribution < 1.29 is 0 Å². The Bertz CT molecular complexity index is 181. The third-order valence-corrected chi connectivity index (χ3v) is 3.57. The average Bonchev–Trinajstić information content (AvgIpc) is 2.26. The van der Waals surface area contributed by atoms with E-state index in [1.54, 1.807) is 0 Å². The summed E-state index contributed by atoms with van der Waals surface area (Å²) < 4.78 is 0. The zero-order valence-electron chi connectivity index (χ0n) is 11.0. The van der Waals surface area contributed by atoms with Gasteiger partial charge >= 0.3 is 0 Å². The fourth-order valence-corrected chi connectivity index (χ4v) is 2.53. The molecule has 0 aromatic heterocycles. The van der Waals surface area contributed by atoms with Gasteiger partial charge in [-0.1, -0.05) is 18.9 Å². The van der Waals surface area contributed by atoms with E-state index in [1.807, 2.05) is 6.08 Å². The first kappa shape index (κ1) is 13.7. The fraction of sp³-hybridized carbons (Fsp3) is 0.857. The van der Waals surface area contributed by atoms with E-state index in [1.165, 1.54) is 38.5 Å². The summed E-state index contributed by atoms with van der Waals surface area (Å²) >= 11 is 0. The van der Waals surface area contributed by atoms with Gasteiger partial charge in [-0.05, 0) is 46.0 Å². The molecule has 0 spiro atoms. The van der Waals surface area contributed by atoms with Gasteiger partial charge in [0.1, 0.15) is 0 Å². The number of hydrazine groups is 1. The Morgan fingerprint density at radius 2 is 1.88 bits per heavy atom. The molecular weight excluding hydrogens is 196 g/mol. The maximum atomic E-state index is 3.75. The smallest absolute Gasteiger partial charge is 0.0218 e.